The fourth-order valence-electron chi connectivity index (χ4n) is 4.31. The molecule has 0 spiro atoms. The molecule has 0 saturated carbocycles. The Morgan fingerprint density at radius 1 is 1.14 bits per heavy atom. The number of alkyl halides is 3. The molecule has 4 heterocycles. The van der Waals surface area contributed by atoms with E-state index in [1.807, 2.05) is 18.3 Å². The van der Waals surface area contributed by atoms with Crippen LogP contribution < -0.4 is 11.0 Å². The minimum Gasteiger partial charge on any atom is -0.343 e. The van der Waals surface area contributed by atoms with Crippen LogP contribution in [-0.4, -0.2) is 46.8 Å². The van der Waals surface area contributed by atoms with Crippen LogP contribution in [0, 0.1) is 13.8 Å². The van der Waals surface area contributed by atoms with Gasteiger partial charge in [-0.05, 0) is 50.6 Å². The number of fused-ring (bicyclic) bond motifs is 2. The van der Waals surface area contributed by atoms with Crippen LogP contribution in [0.2, 0.25) is 0 Å². The number of aromatic nitrogens is 6. The van der Waals surface area contributed by atoms with Crippen molar-refractivity contribution in [3.63, 3.8) is 0 Å². The maximum atomic E-state index is 13.6. The van der Waals surface area contributed by atoms with Gasteiger partial charge in [0.1, 0.15) is 12.6 Å². The zero-order chi connectivity index (χ0) is 26.5. The van der Waals surface area contributed by atoms with Crippen molar-refractivity contribution in [2.45, 2.75) is 39.5 Å². The smallest absolute Gasteiger partial charge is 0.343 e. The first-order valence-electron chi connectivity index (χ1n) is 11.4. The van der Waals surface area contributed by atoms with Crippen LogP contribution in [0.1, 0.15) is 18.2 Å². The Bertz CT molecular complexity index is 1720. The zero-order valence-corrected chi connectivity index (χ0v) is 20.1. The molecule has 5 rings (SSSR count). The van der Waals surface area contributed by atoms with E-state index in [1.165, 1.54) is 9.13 Å². The first-order chi connectivity index (χ1) is 17.6. The number of imidazole rings is 1. The number of carbonyl (C=O) groups excluding carboxylic acids is 1. The first kappa shape index (κ1) is 24.2. The maximum absolute atomic E-state index is 13.6. The van der Waals surface area contributed by atoms with Gasteiger partial charge in [-0.15, -0.1) is 0 Å². The van der Waals surface area contributed by atoms with Gasteiger partial charge < -0.3 is 5.32 Å². The Hall–Kier alpha value is -4.48. The highest BCUT2D eigenvalue weighted by Gasteiger charge is 2.37. The fourth-order valence-corrected chi connectivity index (χ4v) is 4.31. The normalized spacial score (nSPS) is 12.8. The monoisotopic (exact) mass is 509 g/mol. The van der Waals surface area contributed by atoms with Crippen LogP contribution in [0.4, 0.5) is 13.2 Å². The van der Waals surface area contributed by atoms with Crippen molar-refractivity contribution in [2.24, 2.45) is 0 Å². The molecule has 1 N–H and O–H groups in total. The van der Waals surface area contributed by atoms with E-state index in [-0.39, 0.29) is 0 Å². The van der Waals surface area contributed by atoms with Crippen molar-refractivity contribution < 1.29 is 18.0 Å². The van der Waals surface area contributed by atoms with Gasteiger partial charge in [0.25, 0.3) is 0 Å². The summed E-state index contributed by atoms with van der Waals surface area (Å²) >= 11 is 0. The SMILES string of the molecule is Cc1nc(-c2cnn3cccnc23)ccc1-n1c(=O)n(CC(=O)N[C@@H](C)C(F)(F)F)c2cccc(C)c21. The van der Waals surface area contributed by atoms with E-state index in [4.69, 9.17) is 0 Å². The lowest BCUT2D eigenvalue weighted by Gasteiger charge is -2.17. The van der Waals surface area contributed by atoms with Crippen LogP contribution in [0.15, 0.2) is 59.8 Å². The summed E-state index contributed by atoms with van der Waals surface area (Å²) in [7, 11) is 0. The summed E-state index contributed by atoms with van der Waals surface area (Å²) in [5.41, 5.74) is 4.15. The van der Waals surface area contributed by atoms with E-state index in [9.17, 15) is 22.8 Å². The summed E-state index contributed by atoms with van der Waals surface area (Å²) in [6.45, 7) is 3.86. The third-order valence-corrected chi connectivity index (χ3v) is 6.18. The highest BCUT2D eigenvalue weighted by Crippen LogP contribution is 2.27. The molecule has 190 valence electrons. The number of amides is 1. The van der Waals surface area contributed by atoms with E-state index >= 15 is 0 Å². The largest absolute Gasteiger partial charge is 0.408 e. The molecule has 0 fully saturated rings. The summed E-state index contributed by atoms with van der Waals surface area (Å²) in [6.07, 6.45) is 0.499. The molecule has 0 unspecified atom stereocenters. The number of hydrogen-bond donors (Lipinski definition) is 1. The summed E-state index contributed by atoms with van der Waals surface area (Å²) < 4.78 is 43.0. The first-order valence-corrected chi connectivity index (χ1v) is 11.4. The van der Waals surface area contributed by atoms with Gasteiger partial charge in [-0.3, -0.25) is 18.9 Å². The van der Waals surface area contributed by atoms with Crippen molar-refractivity contribution in [3.05, 3.63) is 76.7 Å². The number of benzene rings is 1. The predicted octanol–water partition coefficient (Wildman–Crippen LogP) is 3.58. The molecule has 37 heavy (non-hydrogen) atoms. The van der Waals surface area contributed by atoms with E-state index in [0.717, 1.165) is 18.1 Å². The van der Waals surface area contributed by atoms with Crippen molar-refractivity contribution >= 4 is 22.6 Å². The third kappa shape index (κ3) is 4.24. The molecular formula is C25H22F3N7O2. The number of halogens is 3. The molecular weight excluding hydrogens is 487 g/mol. The molecule has 5 aromatic rings. The molecule has 0 aliphatic rings. The molecule has 0 saturated heterocycles. The lowest BCUT2D eigenvalue weighted by Crippen LogP contribution is -2.45. The second-order valence-corrected chi connectivity index (χ2v) is 8.72. The van der Waals surface area contributed by atoms with Gasteiger partial charge in [-0.25, -0.2) is 14.3 Å². The van der Waals surface area contributed by atoms with Crippen LogP contribution in [-0.2, 0) is 11.3 Å². The quantitative estimate of drug-likeness (QED) is 0.391. The van der Waals surface area contributed by atoms with Crippen molar-refractivity contribution in [1.82, 2.24) is 34.0 Å². The number of rotatable bonds is 5. The van der Waals surface area contributed by atoms with Gasteiger partial charge in [-0.1, -0.05) is 12.1 Å². The highest BCUT2D eigenvalue weighted by molar-refractivity contribution is 5.84. The van der Waals surface area contributed by atoms with Crippen LogP contribution in [0.3, 0.4) is 0 Å². The lowest BCUT2D eigenvalue weighted by atomic mass is 10.1. The summed E-state index contributed by atoms with van der Waals surface area (Å²) in [5, 5.41) is 6.20. The van der Waals surface area contributed by atoms with Crippen LogP contribution >= 0.6 is 0 Å². The van der Waals surface area contributed by atoms with Crippen molar-refractivity contribution in [3.8, 4) is 16.9 Å². The molecule has 0 radical (unpaired) electrons. The fraction of sp³-hybridized carbons (Fsp3) is 0.240. The maximum Gasteiger partial charge on any atom is 0.408 e. The highest BCUT2D eigenvalue weighted by atomic mass is 19.4. The molecule has 1 aromatic carbocycles. The van der Waals surface area contributed by atoms with Gasteiger partial charge >= 0.3 is 11.9 Å². The summed E-state index contributed by atoms with van der Waals surface area (Å²) in [4.78, 5) is 35.1. The average Bonchev–Trinajstić information content (AvgIpc) is 3.39. The van der Waals surface area contributed by atoms with Crippen molar-refractivity contribution in [2.75, 3.05) is 0 Å². The Balaban J connectivity index is 1.59. The van der Waals surface area contributed by atoms with Gasteiger partial charge in [0.15, 0.2) is 5.65 Å². The zero-order valence-electron chi connectivity index (χ0n) is 20.1. The minimum absolute atomic E-state index is 0.426. The second-order valence-electron chi connectivity index (χ2n) is 8.72. The second kappa shape index (κ2) is 8.87. The number of hydrogen-bond acceptors (Lipinski definition) is 5. The number of nitrogens with zero attached hydrogens (tertiary/aromatic N) is 6. The van der Waals surface area contributed by atoms with Crippen molar-refractivity contribution in [1.29, 1.82) is 0 Å². The average molecular weight is 509 g/mol. The number of carbonyl (C=O) groups is 1. The Kier molecular flexibility index (Phi) is 5.81. The van der Waals surface area contributed by atoms with E-state index in [0.29, 0.717) is 33.8 Å². The molecule has 0 aliphatic carbocycles. The molecule has 9 nitrogen and oxygen atoms in total. The van der Waals surface area contributed by atoms with Gasteiger partial charge in [-0.2, -0.15) is 18.3 Å². The van der Waals surface area contributed by atoms with Gasteiger partial charge in [0, 0.05) is 12.4 Å². The Morgan fingerprint density at radius 2 is 1.92 bits per heavy atom. The number of aryl methyl sites for hydroxylation is 2. The number of pyridine rings is 1. The molecule has 12 heteroatoms. The Labute approximate surface area is 208 Å². The van der Waals surface area contributed by atoms with E-state index in [2.05, 4.69) is 15.1 Å². The van der Waals surface area contributed by atoms with E-state index in [1.54, 1.807) is 60.4 Å². The lowest BCUT2D eigenvalue weighted by molar-refractivity contribution is -0.158. The molecule has 1 amide bonds. The molecule has 4 aromatic heterocycles. The van der Waals surface area contributed by atoms with Crippen LogP contribution in [0.5, 0.6) is 0 Å². The van der Waals surface area contributed by atoms with Crippen LogP contribution in [0.25, 0.3) is 33.6 Å². The van der Waals surface area contributed by atoms with Gasteiger partial charge in [0.05, 0.1) is 39.9 Å². The predicted molar refractivity (Wildman–Crippen MR) is 130 cm³/mol. The standard InChI is InChI=1S/C25H22F3N7O2/c1-14-6-4-7-20-22(14)35(24(37)33(20)13-21(36)32-16(3)25(26,27)28)19-9-8-18(31-15(19)2)17-12-30-34-11-5-10-29-23(17)34/h4-12,16H,13H2,1-3H3,(H,32,36)/t16-/m0/s1. The molecule has 0 aliphatic heterocycles. The summed E-state index contributed by atoms with van der Waals surface area (Å²) in [5.74, 6) is -0.918. The summed E-state index contributed by atoms with van der Waals surface area (Å²) in [6, 6.07) is 8.41. The number of nitrogens with one attached hydrogen (secondary N) is 1. The van der Waals surface area contributed by atoms with Gasteiger partial charge in [0.2, 0.25) is 5.91 Å². The number of para-hydroxylation sites is 1. The van der Waals surface area contributed by atoms with E-state index < -0.39 is 30.4 Å². The topological polar surface area (TPSA) is 99.1 Å². The molecule has 0 bridgehead atoms. The third-order valence-electron chi connectivity index (χ3n) is 6.18. The molecule has 1 atom stereocenters. The Morgan fingerprint density at radius 3 is 2.65 bits per heavy atom. The minimum atomic E-state index is -4.59.